The molecular formula is C7H25ClN3Na2O12P. The van der Waals surface area contributed by atoms with Crippen LogP contribution in [0.1, 0.15) is 5.82 Å². The van der Waals surface area contributed by atoms with Crippen molar-refractivity contribution in [3.05, 3.63) is 22.1 Å². The number of halogens is 1. The Labute approximate surface area is 196 Å². The van der Waals surface area contributed by atoms with E-state index in [4.69, 9.17) is 30.8 Å². The summed E-state index contributed by atoms with van der Waals surface area (Å²) in [7, 11) is -4.64. The third-order valence-electron chi connectivity index (χ3n) is 1.79. The molecule has 0 spiro atoms. The zero-order valence-electron chi connectivity index (χ0n) is 12.2. The SMILES string of the molecule is Cc1ncc([N+](=O)[O-])n1CC(O)CCl.O.O.O.O.O.O=P(O)(O)O.[NaH].[NaH]. The summed E-state index contributed by atoms with van der Waals surface area (Å²) in [4.78, 5) is 35.3. The minimum atomic E-state index is -4.64. The van der Waals surface area contributed by atoms with Crippen molar-refractivity contribution in [3.8, 4) is 0 Å². The van der Waals surface area contributed by atoms with Crippen molar-refractivity contribution < 1.29 is 56.7 Å². The molecule has 0 aliphatic carbocycles. The van der Waals surface area contributed by atoms with E-state index in [1.807, 2.05) is 0 Å². The van der Waals surface area contributed by atoms with Gasteiger partial charge in [-0.15, -0.1) is 11.6 Å². The van der Waals surface area contributed by atoms with Crippen LogP contribution in [-0.4, -0.2) is 133 Å². The van der Waals surface area contributed by atoms with Gasteiger partial charge in [-0.1, -0.05) is 0 Å². The van der Waals surface area contributed by atoms with Crippen molar-refractivity contribution in [2.45, 2.75) is 19.6 Å². The number of hydrogen-bond donors (Lipinski definition) is 4. The Balaban J connectivity index is -0.0000000407. The molecule has 154 valence electrons. The fraction of sp³-hybridized carbons (Fsp3) is 0.571. The Morgan fingerprint density at radius 3 is 1.85 bits per heavy atom. The van der Waals surface area contributed by atoms with Crippen molar-refractivity contribution in [2.75, 3.05) is 5.88 Å². The zero-order chi connectivity index (χ0) is 15.2. The fourth-order valence-electron chi connectivity index (χ4n) is 1.09. The van der Waals surface area contributed by atoms with E-state index in [1.165, 1.54) is 4.57 Å². The summed E-state index contributed by atoms with van der Waals surface area (Å²) in [6.45, 7) is 1.72. The van der Waals surface area contributed by atoms with E-state index in [0.29, 0.717) is 5.82 Å². The zero-order valence-corrected chi connectivity index (χ0v) is 13.9. The second-order valence-corrected chi connectivity index (χ2v) is 4.69. The van der Waals surface area contributed by atoms with Gasteiger partial charge in [-0.2, -0.15) is 0 Å². The Morgan fingerprint density at radius 2 is 1.58 bits per heavy atom. The van der Waals surface area contributed by atoms with Crippen molar-refractivity contribution >= 4 is 84.4 Å². The first kappa shape index (κ1) is 50.5. The van der Waals surface area contributed by atoms with Crippen molar-refractivity contribution in [1.82, 2.24) is 9.55 Å². The van der Waals surface area contributed by atoms with Crippen LogP contribution in [0.3, 0.4) is 0 Å². The molecule has 0 saturated carbocycles. The molecule has 1 rings (SSSR count). The number of aliphatic hydroxyl groups excluding tert-OH is 1. The van der Waals surface area contributed by atoms with E-state index in [1.54, 1.807) is 6.92 Å². The number of alkyl halides is 1. The van der Waals surface area contributed by atoms with Gasteiger partial charge in [0.25, 0.3) is 0 Å². The summed E-state index contributed by atoms with van der Waals surface area (Å²) in [5.74, 6) is 0.391. The normalized spacial score (nSPS) is 9.15. The van der Waals surface area contributed by atoms with E-state index in [-0.39, 0.29) is 105 Å². The van der Waals surface area contributed by atoms with Crippen LogP contribution in [0.4, 0.5) is 5.82 Å². The molecule has 1 atom stereocenters. The third-order valence-corrected chi connectivity index (χ3v) is 2.15. The van der Waals surface area contributed by atoms with Gasteiger partial charge in [-0.05, 0) is 4.92 Å². The van der Waals surface area contributed by atoms with Crippen LogP contribution in [0.15, 0.2) is 6.20 Å². The molecule has 0 aliphatic heterocycles. The number of nitro groups is 1. The molecule has 0 aromatic carbocycles. The van der Waals surface area contributed by atoms with Gasteiger partial charge in [-0.25, -0.2) is 14.1 Å². The van der Waals surface area contributed by atoms with Gasteiger partial charge >= 0.3 is 72.8 Å². The molecule has 0 bridgehead atoms. The first-order chi connectivity index (χ1) is 8.56. The molecule has 0 saturated heterocycles. The number of imidazole rings is 1. The van der Waals surface area contributed by atoms with E-state index in [2.05, 4.69) is 4.98 Å². The average molecular weight is 456 g/mol. The molecule has 14 N–H and O–H groups in total. The molecule has 19 heteroatoms. The molecule has 0 fully saturated rings. The van der Waals surface area contributed by atoms with E-state index >= 15 is 0 Å². The number of aliphatic hydroxyl groups is 1. The summed E-state index contributed by atoms with van der Waals surface area (Å²) in [6.07, 6.45) is 0.360. The summed E-state index contributed by atoms with van der Waals surface area (Å²) >= 11 is 5.40. The molecule has 0 amide bonds. The van der Waals surface area contributed by atoms with Crippen LogP contribution in [0.25, 0.3) is 0 Å². The standard InChI is InChI=1S/C7H10ClN3O3.2Na.H3O4P.5H2O.2H/c1-5-9-3-7(11(13)14)10(5)4-6(12)2-8;;;1-5(2,3)4;;;;;;;/h3,6,12H,2,4H2,1H3;;;(H3,1,2,3,4);5*1H2;;. The molecule has 1 unspecified atom stereocenters. The number of rotatable bonds is 4. The van der Waals surface area contributed by atoms with Gasteiger partial charge in [-0.3, -0.25) is 0 Å². The molecule has 1 heterocycles. The van der Waals surface area contributed by atoms with E-state index < -0.39 is 18.8 Å². The van der Waals surface area contributed by atoms with Crippen LogP contribution in [0.5, 0.6) is 0 Å². The fourth-order valence-corrected chi connectivity index (χ4v) is 1.18. The van der Waals surface area contributed by atoms with Gasteiger partial charge in [0.05, 0.1) is 5.88 Å². The van der Waals surface area contributed by atoms with Crippen LogP contribution in [0, 0.1) is 17.0 Å². The van der Waals surface area contributed by atoms with Gasteiger partial charge in [0.2, 0.25) is 0 Å². The number of nitrogens with zero attached hydrogens (tertiary/aromatic N) is 3. The van der Waals surface area contributed by atoms with Crippen LogP contribution >= 0.6 is 19.4 Å². The number of aromatic nitrogens is 2. The maximum atomic E-state index is 10.5. The predicted molar refractivity (Wildman–Crippen MR) is 97.0 cm³/mol. The first-order valence-electron chi connectivity index (χ1n) is 4.75. The molecule has 1 aromatic rings. The maximum absolute atomic E-state index is 10.5. The second-order valence-electron chi connectivity index (χ2n) is 3.35. The summed E-state index contributed by atoms with van der Waals surface area (Å²) < 4.78 is 10.2. The Morgan fingerprint density at radius 1 is 1.23 bits per heavy atom. The average Bonchev–Trinajstić information content (AvgIpc) is 2.58. The quantitative estimate of drug-likeness (QED) is 0.111. The van der Waals surface area contributed by atoms with Crippen molar-refractivity contribution in [2.24, 2.45) is 0 Å². The van der Waals surface area contributed by atoms with Crippen LogP contribution in [0.2, 0.25) is 0 Å². The minimum absolute atomic E-state index is 0. The second kappa shape index (κ2) is 23.8. The Hall–Kier alpha value is 0.770. The van der Waals surface area contributed by atoms with E-state index in [0.717, 1.165) is 6.20 Å². The summed E-state index contributed by atoms with van der Waals surface area (Å²) in [5.41, 5.74) is 0. The monoisotopic (exact) mass is 455 g/mol. The molecule has 0 aliphatic rings. The van der Waals surface area contributed by atoms with E-state index in [9.17, 15) is 15.2 Å². The van der Waals surface area contributed by atoms with Crippen molar-refractivity contribution in [3.63, 3.8) is 0 Å². The summed E-state index contributed by atoms with van der Waals surface area (Å²) in [6, 6.07) is 0. The Bertz CT molecular complexity index is 481. The number of hydrogen-bond acceptors (Lipinski definition) is 5. The topological polar surface area (TPSA) is 316 Å². The molecule has 1 aromatic heterocycles. The van der Waals surface area contributed by atoms with Gasteiger partial charge in [0.15, 0.2) is 5.82 Å². The third kappa shape index (κ3) is 24.8. The van der Waals surface area contributed by atoms with Gasteiger partial charge < -0.3 is 57.3 Å². The molecule has 15 nitrogen and oxygen atoms in total. The molecular weight excluding hydrogens is 430 g/mol. The number of phosphoric acid groups is 1. The van der Waals surface area contributed by atoms with Crippen molar-refractivity contribution in [1.29, 1.82) is 0 Å². The Kier molecular flexibility index (Phi) is 46.2. The van der Waals surface area contributed by atoms with Gasteiger partial charge in [0.1, 0.15) is 18.8 Å². The first-order valence-corrected chi connectivity index (χ1v) is 6.85. The predicted octanol–water partition coefficient (Wildman–Crippen LogP) is -5.65. The van der Waals surface area contributed by atoms with Crippen LogP contribution < -0.4 is 0 Å². The number of aryl methyl sites for hydroxylation is 1. The summed E-state index contributed by atoms with van der Waals surface area (Å²) in [5, 5.41) is 19.8. The molecule has 26 heavy (non-hydrogen) atoms. The van der Waals surface area contributed by atoms with Gasteiger partial charge in [0, 0.05) is 6.92 Å². The van der Waals surface area contributed by atoms with Crippen LogP contribution in [-0.2, 0) is 11.1 Å². The molecule has 0 radical (unpaired) electrons.